The van der Waals surface area contributed by atoms with Crippen LogP contribution >= 0.6 is 0 Å². The Balaban J connectivity index is 1.51. The second kappa shape index (κ2) is 4.95. The Morgan fingerprint density at radius 3 is 2.57 bits per heavy atom. The molecule has 3 aliphatic rings. The molecule has 112 valence electrons. The van der Waals surface area contributed by atoms with Crippen molar-refractivity contribution in [1.29, 1.82) is 0 Å². The Morgan fingerprint density at radius 1 is 1.14 bits per heavy atom. The topological polar surface area (TPSA) is 20.3 Å². The van der Waals surface area contributed by atoms with Gasteiger partial charge in [-0.05, 0) is 70.0 Å². The molecule has 1 atom stereocenters. The highest BCUT2D eigenvalue weighted by molar-refractivity contribution is 6.02. The van der Waals surface area contributed by atoms with Crippen LogP contribution in [0.25, 0.3) is 0 Å². The summed E-state index contributed by atoms with van der Waals surface area (Å²) in [5, 5.41) is 0. The highest BCUT2D eigenvalue weighted by Crippen LogP contribution is 2.45. The van der Waals surface area contributed by atoms with Crippen LogP contribution in [0.15, 0.2) is 24.3 Å². The Hall–Kier alpha value is -1.15. The van der Waals surface area contributed by atoms with Gasteiger partial charge in [-0.3, -0.25) is 4.79 Å². The van der Waals surface area contributed by atoms with Crippen LogP contribution < -0.4 is 0 Å². The highest BCUT2D eigenvalue weighted by atomic mass is 16.1. The van der Waals surface area contributed by atoms with Crippen LogP contribution in [0, 0.1) is 11.3 Å². The largest absolute Gasteiger partial charge is 0.300 e. The Bertz CT molecular complexity index is 552. The molecule has 2 nitrogen and oxygen atoms in total. The van der Waals surface area contributed by atoms with Crippen LogP contribution in [-0.2, 0) is 6.42 Å². The fourth-order valence-corrected chi connectivity index (χ4v) is 4.45. The minimum Gasteiger partial charge on any atom is -0.300 e. The third kappa shape index (κ3) is 2.24. The average molecular weight is 283 g/mol. The molecule has 0 N–H and O–H groups in total. The van der Waals surface area contributed by atoms with Gasteiger partial charge in [0.15, 0.2) is 5.78 Å². The van der Waals surface area contributed by atoms with Crippen LogP contribution in [0.5, 0.6) is 0 Å². The molecular weight excluding hydrogens is 258 g/mol. The third-order valence-corrected chi connectivity index (χ3v) is 6.25. The smallest absolute Gasteiger partial charge is 0.169 e. The normalized spacial score (nSPS) is 26.6. The number of fused-ring (bicyclic) bond motifs is 1. The maximum absolute atomic E-state index is 13.0. The van der Waals surface area contributed by atoms with Crippen molar-refractivity contribution in [1.82, 2.24) is 4.90 Å². The number of piperidine rings is 1. The van der Waals surface area contributed by atoms with Crippen molar-refractivity contribution in [2.45, 2.75) is 51.5 Å². The molecule has 2 heteroatoms. The van der Waals surface area contributed by atoms with Gasteiger partial charge >= 0.3 is 0 Å². The number of hydrogen-bond donors (Lipinski definition) is 0. The maximum atomic E-state index is 13.0. The highest BCUT2D eigenvalue weighted by Gasteiger charge is 2.45. The summed E-state index contributed by atoms with van der Waals surface area (Å²) in [6.07, 6.45) is 7.10. The van der Waals surface area contributed by atoms with Crippen LogP contribution in [0.4, 0.5) is 0 Å². The maximum Gasteiger partial charge on any atom is 0.169 e. The van der Waals surface area contributed by atoms with Crippen molar-refractivity contribution in [3.8, 4) is 0 Å². The van der Waals surface area contributed by atoms with Gasteiger partial charge < -0.3 is 4.90 Å². The molecule has 1 heterocycles. The Labute approximate surface area is 127 Å². The predicted molar refractivity (Wildman–Crippen MR) is 84.5 cm³/mol. The lowest BCUT2D eigenvalue weighted by molar-refractivity contribution is 0.0443. The van der Waals surface area contributed by atoms with Gasteiger partial charge in [0, 0.05) is 17.0 Å². The van der Waals surface area contributed by atoms with Gasteiger partial charge in [-0.25, -0.2) is 0 Å². The van der Waals surface area contributed by atoms with Gasteiger partial charge in [0.05, 0.1) is 0 Å². The van der Waals surface area contributed by atoms with E-state index in [0.29, 0.717) is 5.78 Å². The predicted octanol–water partition coefficient (Wildman–Crippen LogP) is 3.70. The Kier molecular flexibility index (Phi) is 3.18. The van der Waals surface area contributed by atoms with Crippen molar-refractivity contribution >= 4 is 5.78 Å². The summed E-state index contributed by atoms with van der Waals surface area (Å²) in [5.41, 5.74) is 2.23. The van der Waals surface area contributed by atoms with Gasteiger partial charge in [0.25, 0.3) is 0 Å². The quantitative estimate of drug-likeness (QED) is 0.825. The molecule has 0 radical (unpaired) electrons. The first kappa shape index (κ1) is 13.5. The summed E-state index contributed by atoms with van der Waals surface area (Å²) in [5.74, 6) is 1.37. The lowest BCUT2D eigenvalue weighted by atomic mass is 9.65. The molecule has 1 unspecified atom stereocenters. The molecule has 0 amide bonds. The van der Waals surface area contributed by atoms with E-state index in [1.807, 2.05) is 12.1 Å². The molecule has 0 aromatic heterocycles. The first-order chi connectivity index (χ1) is 10.2. The lowest BCUT2D eigenvalue weighted by Gasteiger charge is -2.45. The van der Waals surface area contributed by atoms with E-state index in [4.69, 9.17) is 0 Å². The zero-order valence-electron chi connectivity index (χ0n) is 13.0. The number of carbonyl (C=O) groups excluding carboxylic acids is 1. The van der Waals surface area contributed by atoms with E-state index >= 15 is 0 Å². The van der Waals surface area contributed by atoms with Crippen LogP contribution in [0.1, 0.15) is 54.9 Å². The SMILES string of the molecule is CC(C1CC1)N1CCC2(CCc3ccccc3C2=O)CC1. The molecule has 1 aromatic carbocycles. The van der Waals surface area contributed by atoms with E-state index in [1.54, 1.807) is 0 Å². The summed E-state index contributed by atoms with van der Waals surface area (Å²) >= 11 is 0. The number of Topliss-reactive ketones (excluding diaryl/α,β-unsaturated/α-hetero) is 1. The molecule has 21 heavy (non-hydrogen) atoms. The Morgan fingerprint density at radius 2 is 1.86 bits per heavy atom. The number of benzene rings is 1. The number of aryl methyl sites for hydroxylation is 1. The van der Waals surface area contributed by atoms with Crippen LogP contribution in [0.2, 0.25) is 0 Å². The molecule has 2 aliphatic carbocycles. The van der Waals surface area contributed by atoms with E-state index < -0.39 is 0 Å². The van der Waals surface area contributed by atoms with Gasteiger partial charge in [0.1, 0.15) is 0 Å². The summed E-state index contributed by atoms with van der Waals surface area (Å²) < 4.78 is 0. The third-order valence-electron chi connectivity index (χ3n) is 6.25. The zero-order chi connectivity index (χ0) is 14.4. The van der Waals surface area contributed by atoms with Gasteiger partial charge in [-0.15, -0.1) is 0 Å². The fraction of sp³-hybridized carbons (Fsp3) is 0.632. The van der Waals surface area contributed by atoms with Crippen molar-refractivity contribution < 1.29 is 4.79 Å². The molecule has 1 aliphatic heterocycles. The first-order valence-electron chi connectivity index (χ1n) is 8.56. The second-order valence-corrected chi connectivity index (χ2v) is 7.38. The van der Waals surface area contributed by atoms with Gasteiger partial charge in [0.2, 0.25) is 0 Å². The second-order valence-electron chi connectivity index (χ2n) is 7.38. The van der Waals surface area contributed by atoms with Crippen molar-refractivity contribution in [3.63, 3.8) is 0 Å². The monoisotopic (exact) mass is 283 g/mol. The number of nitrogens with zero attached hydrogens (tertiary/aromatic N) is 1. The minimum atomic E-state index is -0.0475. The average Bonchev–Trinajstić information content (AvgIpc) is 3.36. The molecule has 1 saturated heterocycles. The van der Waals surface area contributed by atoms with E-state index in [2.05, 4.69) is 24.0 Å². The van der Waals surface area contributed by atoms with Crippen LogP contribution in [-0.4, -0.2) is 29.8 Å². The molecule has 1 aromatic rings. The summed E-state index contributed by atoms with van der Waals surface area (Å²) in [7, 11) is 0. The number of rotatable bonds is 2. The fourth-order valence-electron chi connectivity index (χ4n) is 4.45. The minimum absolute atomic E-state index is 0.0475. The molecule has 1 saturated carbocycles. The van der Waals surface area contributed by atoms with Crippen molar-refractivity contribution in [3.05, 3.63) is 35.4 Å². The van der Waals surface area contributed by atoms with E-state index in [9.17, 15) is 4.79 Å². The van der Waals surface area contributed by atoms with Crippen molar-refractivity contribution in [2.75, 3.05) is 13.1 Å². The number of likely N-dealkylation sites (tertiary alicyclic amines) is 1. The number of ketones is 1. The molecule has 4 rings (SSSR count). The zero-order valence-corrected chi connectivity index (χ0v) is 13.0. The van der Waals surface area contributed by atoms with E-state index in [0.717, 1.165) is 56.3 Å². The summed E-state index contributed by atoms with van der Waals surface area (Å²) in [4.78, 5) is 15.6. The van der Waals surface area contributed by atoms with Crippen LogP contribution in [0.3, 0.4) is 0 Å². The summed E-state index contributed by atoms with van der Waals surface area (Å²) in [6.45, 7) is 4.62. The van der Waals surface area contributed by atoms with Crippen molar-refractivity contribution in [2.24, 2.45) is 11.3 Å². The first-order valence-corrected chi connectivity index (χ1v) is 8.56. The number of hydrogen-bond acceptors (Lipinski definition) is 2. The molecular formula is C19H25NO. The number of carbonyl (C=O) groups is 1. The standard InChI is InChI=1S/C19H25NO/c1-14(15-6-7-15)20-12-10-19(11-13-20)9-8-16-4-2-3-5-17(16)18(19)21/h2-5,14-15H,6-13H2,1H3. The molecule has 1 spiro atoms. The van der Waals surface area contributed by atoms with Gasteiger partial charge in [-0.1, -0.05) is 24.3 Å². The molecule has 0 bridgehead atoms. The lowest BCUT2D eigenvalue weighted by Crippen LogP contribution is -2.49. The van der Waals surface area contributed by atoms with Gasteiger partial charge in [-0.2, -0.15) is 0 Å². The van der Waals surface area contributed by atoms with E-state index in [1.165, 1.54) is 18.4 Å². The molecule has 2 fully saturated rings. The summed E-state index contributed by atoms with van der Waals surface area (Å²) in [6, 6.07) is 8.97. The van der Waals surface area contributed by atoms with E-state index in [-0.39, 0.29) is 5.41 Å².